The summed E-state index contributed by atoms with van der Waals surface area (Å²) in [5, 5.41) is 3.71. The number of rotatable bonds is 3. The average Bonchev–Trinajstić information content (AvgIpc) is 2.37. The Balaban J connectivity index is 2.34. The van der Waals surface area contributed by atoms with Crippen LogP contribution in [0.25, 0.3) is 0 Å². The van der Waals surface area contributed by atoms with Gasteiger partial charge in [-0.25, -0.2) is 0 Å². The monoisotopic (exact) mass is 168 g/mol. The lowest BCUT2D eigenvalue weighted by Crippen LogP contribution is -1.99. The van der Waals surface area contributed by atoms with Crippen LogP contribution in [0.3, 0.4) is 0 Å². The molecule has 0 unspecified atom stereocenters. The Labute approximate surface area is 69.0 Å². The fourth-order valence-electron chi connectivity index (χ4n) is 0.548. The van der Waals surface area contributed by atoms with Crippen molar-refractivity contribution >= 4 is 22.6 Å². The summed E-state index contributed by atoms with van der Waals surface area (Å²) in [5.41, 5.74) is 5.29. The molecule has 0 amide bonds. The van der Waals surface area contributed by atoms with Crippen molar-refractivity contribution in [3.8, 4) is 12.3 Å². The molecule has 0 saturated carbocycles. The van der Waals surface area contributed by atoms with Crippen LogP contribution in [-0.4, -0.2) is 15.9 Å². The molecule has 0 aliphatic carbocycles. The van der Waals surface area contributed by atoms with Crippen molar-refractivity contribution in [1.29, 1.82) is 0 Å². The summed E-state index contributed by atoms with van der Waals surface area (Å²) in [6, 6.07) is 0. The number of anilines is 2. The number of nitrogen functional groups attached to an aromatic ring is 1. The summed E-state index contributed by atoms with van der Waals surface area (Å²) in [5.74, 6) is 2.81. The zero-order chi connectivity index (χ0) is 8.10. The first-order chi connectivity index (χ1) is 5.33. The van der Waals surface area contributed by atoms with Gasteiger partial charge in [-0.3, -0.25) is 0 Å². The van der Waals surface area contributed by atoms with E-state index in [4.69, 9.17) is 12.2 Å². The number of nitrogens with two attached hydrogens (primary N) is 1. The zero-order valence-electron chi connectivity index (χ0n) is 5.87. The molecular weight excluding hydrogens is 160 g/mol. The number of hydrogen-bond donors (Lipinski definition) is 2. The molecule has 1 rings (SSSR count). The van der Waals surface area contributed by atoms with Crippen molar-refractivity contribution < 1.29 is 0 Å². The van der Waals surface area contributed by atoms with Gasteiger partial charge in [-0.15, -0.1) is 12.3 Å². The summed E-state index contributed by atoms with van der Waals surface area (Å²) in [7, 11) is 0. The number of aromatic nitrogens is 2. The maximum absolute atomic E-state index is 5.29. The Bertz CT molecular complexity index is 262. The van der Waals surface area contributed by atoms with E-state index in [0.29, 0.717) is 18.9 Å². The SMILES string of the molecule is C#CCCNc1nc(N)ns1. The third-order valence-electron chi connectivity index (χ3n) is 0.987. The number of terminal acetylenes is 1. The second-order valence-corrected chi connectivity index (χ2v) is 2.59. The van der Waals surface area contributed by atoms with Crippen LogP contribution in [0.1, 0.15) is 6.42 Å². The Morgan fingerprint density at radius 1 is 1.73 bits per heavy atom. The van der Waals surface area contributed by atoms with Crippen LogP contribution >= 0.6 is 11.5 Å². The van der Waals surface area contributed by atoms with E-state index in [1.165, 1.54) is 11.5 Å². The van der Waals surface area contributed by atoms with Gasteiger partial charge in [-0.1, -0.05) is 0 Å². The second-order valence-electron chi connectivity index (χ2n) is 1.84. The molecule has 1 aromatic rings. The predicted octanol–water partition coefficient (Wildman–Crippen LogP) is 0.555. The smallest absolute Gasteiger partial charge is 0.233 e. The average molecular weight is 168 g/mol. The highest BCUT2D eigenvalue weighted by Crippen LogP contribution is 2.10. The van der Waals surface area contributed by atoms with Gasteiger partial charge >= 0.3 is 0 Å². The van der Waals surface area contributed by atoms with Gasteiger partial charge in [0.25, 0.3) is 0 Å². The van der Waals surface area contributed by atoms with E-state index in [-0.39, 0.29) is 0 Å². The molecule has 0 bridgehead atoms. The van der Waals surface area contributed by atoms with Crippen molar-refractivity contribution in [3.05, 3.63) is 0 Å². The van der Waals surface area contributed by atoms with E-state index in [1.807, 2.05) is 0 Å². The molecule has 4 nitrogen and oxygen atoms in total. The highest BCUT2D eigenvalue weighted by Gasteiger charge is 1.96. The highest BCUT2D eigenvalue weighted by molar-refractivity contribution is 7.09. The maximum Gasteiger partial charge on any atom is 0.233 e. The van der Waals surface area contributed by atoms with Crippen LogP contribution in [0.5, 0.6) is 0 Å². The first-order valence-corrected chi connectivity index (χ1v) is 3.87. The van der Waals surface area contributed by atoms with Gasteiger partial charge in [0.2, 0.25) is 11.1 Å². The van der Waals surface area contributed by atoms with E-state index >= 15 is 0 Å². The van der Waals surface area contributed by atoms with Gasteiger partial charge in [-0.2, -0.15) is 9.36 Å². The molecule has 0 aromatic carbocycles. The van der Waals surface area contributed by atoms with E-state index in [9.17, 15) is 0 Å². The highest BCUT2D eigenvalue weighted by atomic mass is 32.1. The van der Waals surface area contributed by atoms with Crippen LogP contribution in [0, 0.1) is 12.3 Å². The van der Waals surface area contributed by atoms with Crippen LogP contribution in [-0.2, 0) is 0 Å². The Morgan fingerprint density at radius 2 is 2.55 bits per heavy atom. The fourth-order valence-corrected chi connectivity index (χ4v) is 1.07. The summed E-state index contributed by atoms with van der Waals surface area (Å²) >= 11 is 1.23. The molecule has 0 radical (unpaired) electrons. The summed E-state index contributed by atoms with van der Waals surface area (Å²) in [4.78, 5) is 3.89. The standard InChI is InChI=1S/C6H8N4S/c1-2-3-4-8-6-9-5(7)10-11-6/h1H,3-4H2,(H3,7,8,9,10). The molecule has 0 fully saturated rings. The largest absolute Gasteiger partial charge is 0.367 e. The van der Waals surface area contributed by atoms with Gasteiger partial charge in [0.05, 0.1) is 0 Å². The quantitative estimate of drug-likeness (QED) is 0.511. The lowest BCUT2D eigenvalue weighted by molar-refractivity contribution is 1.09. The number of nitrogens with zero attached hydrogens (tertiary/aromatic N) is 2. The van der Waals surface area contributed by atoms with Crippen LogP contribution in [0.2, 0.25) is 0 Å². The summed E-state index contributed by atoms with van der Waals surface area (Å²) < 4.78 is 3.79. The number of nitrogens with one attached hydrogen (secondary N) is 1. The predicted molar refractivity (Wildman–Crippen MR) is 46.3 cm³/mol. The Hall–Kier alpha value is -1.28. The van der Waals surface area contributed by atoms with Gasteiger partial charge < -0.3 is 11.1 Å². The third kappa shape index (κ3) is 2.43. The normalized spacial score (nSPS) is 9.00. The molecule has 1 heterocycles. The lowest BCUT2D eigenvalue weighted by atomic mass is 10.4. The van der Waals surface area contributed by atoms with Crippen LogP contribution in [0.4, 0.5) is 11.1 Å². The van der Waals surface area contributed by atoms with Crippen molar-refractivity contribution in [2.45, 2.75) is 6.42 Å². The molecule has 0 atom stereocenters. The van der Waals surface area contributed by atoms with Crippen LogP contribution < -0.4 is 11.1 Å². The van der Waals surface area contributed by atoms with Gasteiger partial charge in [0.1, 0.15) is 0 Å². The fraction of sp³-hybridized carbons (Fsp3) is 0.333. The minimum Gasteiger partial charge on any atom is -0.367 e. The molecule has 0 saturated heterocycles. The minimum absolute atomic E-state index is 0.304. The van der Waals surface area contributed by atoms with Crippen molar-refractivity contribution in [1.82, 2.24) is 9.36 Å². The van der Waals surface area contributed by atoms with E-state index < -0.39 is 0 Å². The minimum atomic E-state index is 0.304. The lowest BCUT2D eigenvalue weighted by Gasteiger charge is -1.94. The first-order valence-electron chi connectivity index (χ1n) is 3.09. The summed E-state index contributed by atoms with van der Waals surface area (Å²) in [6.45, 7) is 0.713. The number of hydrogen-bond acceptors (Lipinski definition) is 5. The van der Waals surface area contributed by atoms with Crippen molar-refractivity contribution in [2.75, 3.05) is 17.6 Å². The Kier molecular flexibility index (Phi) is 2.69. The molecule has 0 aliphatic rings. The Morgan fingerprint density at radius 3 is 3.09 bits per heavy atom. The van der Waals surface area contributed by atoms with Crippen molar-refractivity contribution in [2.24, 2.45) is 0 Å². The second kappa shape index (κ2) is 3.78. The molecule has 5 heteroatoms. The molecule has 0 spiro atoms. The van der Waals surface area contributed by atoms with Crippen LogP contribution in [0.15, 0.2) is 0 Å². The van der Waals surface area contributed by atoms with E-state index in [0.717, 1.165) is 5.13 Å². The van der Waals surface area contributed by atoms with Crippen molar-refractivity contribution in [3.63, 3.8) is 0 Å². The summed E-state index contributed by atoms with van der Waals surface area (Å²) in [6.07, 6.45) is 5.73. The topological polar surface area (TPSA) is 63.8 Å². The zero-order valence-corrected chi connectivity index (χ0v) is 6.69. The van der Waals surface area contributed by atoms with E-state index in [1.54, 1.807) is 0 Å². The molecule has 0 aliphatic heterocycles. The molecule has 1 aromatic heterocycles. The first kappa shape index (κ1) is 7.82. The molecule has 3 N–H and O–H groups in total. The molecule has 58 valence electrons. The molecular formula is C6H8N4S. The van der Waals surface area contributed by atoms with E-state index in [2.05, 4.69) is 20.6 Å². The maximum atomic E-state index is 5.29. The van der Waals surface area contributed by atoms with Gasteiger partial charge in [0, 0.05) is 24.5 Å². The van der Waals surface area contributed by atoms with Gasteiger partial charge in [0.15, 0.2) is 0 Å². The third-order valence-corrected chi connectivity index (χ3v) is 1.67. The molecule has 11 heavy (non-hydrogen) atoms. The van der Waals surface area contributed by atoms with Gasteiger partial charge in [-0.05, 0) is 0 Å².